The number of hydrogen-bond donors (Lipinski definition) is 2. The molecule has 0 unspecified atom stereocenters. The second-order valence-corrected chi connectivity index (χ2v) is 2.93. The molecule has 1 radical (unpaired) electrons. The summed E-state index contributed by atoms with van der Waals surface area (Å²) >= 11 is 4.93. The number of benzene rings is 1. The molecular formula is C8H7N2SY-. The average molecular weight is 252 g/mol. The molecule has 0 spiro atoms. The topological polar surface area (TPSA) is 31.6 Å². The molecule has 12 heavy (non-hydrogen) atoms. The van der Waals surface area contributed by atoms with Gasteiger partial charge in [-0.3, -0.25) is 0 Å². The van der Waals surface area contributed by atoms with Crippen molar-refractivity contribution in [3.05, 3.63) is 28.5 Å². The molecule has 0 saturated heterocycles. The van der Waals surface area contributed by atoms with E-state index in [0.717, 1.165) is 16.6 Å². The molecule has 2 rings (SSSR count). The molecule has 4 heteroatoms. The van der Waals surface area contributed by atoms with E-state index in [4.69, 9.17) is 12.2 Å². The second-order valence-electron chi connectivity index (χ2n) is 2.52. The summed E-state index contributed by atoms with van der Waals surface area (Å²) in [6, 6.07) is 7.01. The predicted octanol–water partition coefficient (Wildman–Crippen LogP) is 2.33. The summed E-state index contributed by atoms with van der Waals surface area (Å²) in [5.41, 5.74) is 3.18. The molecule has 0 aliphatic rings. The summed E-state index contributed by atoms with van der Waals surface area (Å²) < 4.78 is 0.666. The van der Waals surface area contributed by atoms with Crippen LogP contribution >= 0.6 is 12.2 Å². The van der Waals surface area contributed by atoms with Gasteiger partial charge in [-0.25, -0.2) is 0 Å². The minimum atomic E-state index is 0. The van der Waals surface area contributed by atoms with Crippen molar-refractivity contribution in [1.29, 1.82) is 0 Å². The molecule has 0 bridgehead atoms. The number of imidazole rings is 1. The van der Waals surface area contributed by atoms with E-state index in [9.17, 15) is 0 Å². The maximum atomic E-state index is 4.93. The minimum Gasteiger partial charge on any atom is -0.384 e. The molecule has 0 amide bonds. The fourth-order valence-corrected chi connectivity index (χ4v) is 1.30. The summed E-state index contributed by atoms with van der Waals surface area (Å²) in [6.07, 6.45) is 0. The van der Waals surface area contributed by atoms with E-state index in [2.05, 4.69) is 16.0 Å². The van der Waals surface area contributed by atoms with Gasteiger partial charge in [0, 0.05) is 32.7 Å². The number of aromatic nitrogens is 2. The SMILES string of the molecule is Cc1[c-]cc2[nH]c(=S)[nH]c2c1.[Y]. The molecule has 2 N–H and O–H groups in total. The third kappa shape index (κ3) is 1.84. The third-order valence-electron chi connectivity index (χ3n) is 1.59. The van der Waals surface area contributed by atoms with Crippen LogP contribution in [0, 0.1) is 17.8 Å². The number of H-pyrrole nitrogens is 2. The zero-order valence-electron chi connectivity index (χ0n) is 6.64. The third-order valence-corrected chi connectivity index (χ3v) is 1.80. The monoisotopic (exact) mass is 252 g/mol. The van der Waals surface area contributed by atoms with Crippen LogP contribution in [-0.2, 0) is 32.7 Å². The van der Waals surface area contributed by atoms with Gasteiger partial charge in [-0.15, -0.1) is 6.07 Å². The largest absolute Gasteiger partial charge is 0.384 e. The molecule has 0 aliphatic carbocycles. The Labute approximate surface area is 101 Å². The van der Waals surface area contributed by atoms with Crippen LogP contribution in [0.4, 0.5) is 0 Å². The summed E-state index contributed by atoms with van der Waals surface area (Å²) in [5.74, 6) is 0. The van der Waals surface area contributed by atoms with Crippen LogP contribution in [0.1, 0.15) is 5.56 Å². The Bertz CT molecular complexity index is 443. The van der Waals surface area contributed by atoms with Gasteiger partial charge in [0.2, 0.25) is 0 Å². The zero-order chi connectivity index (χ0) is 7.84. The predicted molar refractivity (Wildman–Crippen MR) is 47.1 cm³/mol. The molecule has 1 aromatic heterocycles. The maximum Gasteiger partial charge on any atom is 0.162 e. The fourth-order valence-electron chi connectivity index (χ4n) is 1.08. The van der Waals surface area contributed by atoms with Gasteiger partial charge >= 0.3 is 0 Å². The van der Waals surface area contributed by atoms with E-state index in [1.165, 1.54) is 0 Å². The Kier molecular flexibility index (Phi) is 3.21. The molecule has 59 valence electrons. The number of aromatic amines is 2. The molecule has 2 aromatic rings. The van der Waals surface area contributed by atoms with Gasteiger partial charge in [-0.2, -0.15) is 17.7 Å². The maximum absolute atomic E-state index is 4.93. The van der Waals surface area contributed by atoms with Crippen molar-refractivity contribution >= 4 is 23.3 Å². The second kappa shape index (κ2) is 3.82. The van der Waals surface area contributed by atoms with Crippen LogP contribution in [0.5, 0.6) is 0 Å². The quantitative estimate of drug-likeness (QED) is 0.547. The van der Waals surface area contributed by atoms with Crippen LogP contribution in [0.15, 0.2) is 12.1 Å². The van der Waals surface area contributed by atoms with E-state index in [1.54, 1.807) is 0 Å². The van der Waals surface area contributed by atoms with Crippen molar-refractivity contribution in [2.45, 2.75) is 6.92 Å². The van der Waals surface area contributed by atoms with Crippen LogP contribution in [0.3, 0.4) is 0 Å². The first kappa shape index (κ1) is 10.1. The van der Waals surface area contributed by atoms with E-state index in [0.29, 0.717) is 4.77 Å². The van der Waals surface area contributed by atoms with Crippen LogP contribution in [0.25, 0.3) is 11.0 Å². The normalized spacial score (nSPS) is 9.75. The average Bonchev–Trinajstić information content (AvgIpc) is 2.27. The van der Waals surface area contributed by atoms with Crippen molar-refractivity contribution < 1.29 is 32.7 Å². The number of hydrogen-bond acceptors (Lipinski definition) is 1. The first-order valence-corrected chi connectivity index (χ1v) is 3.77. The fraction of sp³-hybridized carbons (Fsp3) is 0.125. The summed E-state index contributed by atoms with van der Waals surface area (Å²) in [4.78, 5) is 6.05. The number of aryl methyl sites for hydroxylation is 1. The van der Waals surface area contributed by atoms with Crippen molar-refractivity contribution in [3.8, 4) is 0 Å². The van der Waals surface area contributed by atoms with Crippen LogP contribution in [0.2, 0.25) is 0 Å². The Balaban J connectivity index is 0.000000720. The van der Waals surface area contributed by atoms with E-state index >= 15 is 0 Å². The number of nitrogens with one attached hydrogen (secondary N) is 2. The first-order chi connectivity index (χ1) is 5.25. The molecule has 0 fully saturated rings. The van der Waals surface area contributed by atoms with E-state index < -0.39 is 0 Å². The van der Waals surface area contributed by atoms with Gasteiger partial charge in [-0.05, 0) is 23.3 Å². The van der Waals surface area contributed by atoms with Crippen molar-refractivity contribution in [3.63, 3.8) is 0 Å². The smallest absolute Gasteiger partial charge is 0.162 e. The summed E-state index contributed by atoms with van der Waals surface area (Å²) in [6.45, 7) is 2.00. The Hall–Kier alpha value is 0.0139. The minimum absolute atomic E-state index is 0. The van der Waals surface area contributed by atoms with Gasteiger partial charge in [-0.1, -0.05) is 6.92 Å². The zero-order valence-corrected chi connectivity index (χ0v) is 10.3. The Morgan fingerprint density at radius 3 is 2.75 bits per heavy atom. The van der Waals surface area contributed by atoms with Crippen LogP contribution in [-0.4, -0.2) is 9.97 Å². The molecule has 0 aliphatic heterocycles. The van der Waals surface area contributed by atoms with E-state index in [1.807, 2.05) is 19.1 Å². The summed E-state index contributed by atoms with van der Waals surface area (Å²) in [5, 5.41) is 0. The molecule has 1 heterocycles. The van der Waals surface area contributed by atoms with Crippen LogP contribution < -0.4 is 0 Å². The van der Waals surface area contributed by atoms with Crippen molar-refractivity contribution in [2.24, 2.45) is 0 Å². The molecule has 0 saturated carbocycles. The van der Waals surface area contributed by atoms with Crippen molar-refractivity contribution in [2.75, 3.05) is 0 Å². The number of fused-ring (bicyclic) bond motifs is 1. The Morgan fingerprint density at radius 1 is 1.33 bits per heavy atom. The van der Waals surface area contributed by atoms with Gasteiger partial charge in [0.25, 0.3) is 0 Å². The van der Waals surface area contributed by atoms with Gasteiger partial charge < -0.3 is 9.97 Å². The molecule has 1 aromatic carbocycles. The first-order valence-electron chi connectivity index (χ1n) is 3.36. The van der Waals surface area contributed by atoms with E-state index in [-0.39, 0.29) is 32.7 Å². The molecular weight excluding hydrogens is 245 g/mol. The van der Waals surface area contributed by atoms with Gasteiger partial charge in [0.1, 0.15) is 0 Å². The standard InChI is InChI=1S/C8H7N2S.Y/c1-5-2-3-6-7(4-5)10-8(11)9-6;/h3-4H,1H3,(H2,9,10,11);/q-1;. The Morgan fingerprint density at radius 2 is 2.00 bits per heavy atom. The van der Waals surface area contributed by atoms with Gasteiger partial charge in [0.15, 0.2) is 4.77 Å². The van der Waals surface area contributed by atoms with Gasteiger partial charge in [0.05, 0.1) is 0 Å². The van der Waals surface area contributed by atoms with Crippen molar-refractivity contribution in [1.82, 2.24) is 9.97 Å². The summed E-state index contributed by atoms with van der Waals surface area (Å²) in [7, 11) is 0. The number of rotatable bonds is 0. The molecule has 0 atom stereocenters. The molecule has 2 nitrogen and oxygen atoms in total.